The van der Waals surface area contributed by atoms with Gasteiger partial charge in [-0.1, -0.05) is 74.5 Å². The fourth-order valence-corrected chi connectivity index (χ4v) is 3.34. The first-order valence-electron chi connectivity index (χ1n) is 11.0. The third-order valence-corrected chi connectivity index (χ3v) is 5.39. The average molecular weight is 445 g/mol. The van der Waals surface area contributed by atoms with Crippen LogP contribution in [0.1, 0.15) is 42.1 Å². The van der Waals surface area contributed by atoms with Gasteiger partial charge < -0.3 is 15.4 Å². The van der Waals surface area contributed by atoms with Crippen molar-refractivity contribution >= 4 is 23.5 Å². The number of hydrogen-bond acceptors (Lipinski definition) is 4. The molecule has 0 bridgehead atoms. The second-order valence-electron chi connectivity index (χ2n) is 7.73. The Morgan fingerprint density at radius 3 is 2.18 bits per heavy atom. The summed E-state index contributed by atoms with van der Waals surface area (Å²) < 4.78 is 5.00. The van der Waals surface area contributed by atoms with E-state index < -0.39 is 24.4 Å². The molecule has 0 aliphatic carbocycles. The molecule has 0 aromatic heterocycles. The Labute approximate surface area is 194 Å². The lowest BCUT2D eigenvalue weighted by Crippen LogP contribution is -2.32. The van der Waals surface area contributed by atoms with Crippen molar-refractivity contribution in [1.29, 1.82) is 0 Å². The molecule has 2 N–H and O–H groups in total. The van der Waals surface area contributed by atoms with Gasteiger partial charge in [-0.05, 0) is 47.2 Å². The lowest BCUT2D eigenvalue weighted by Gasteiger charge is -2.15. The molecule has 0 saturated heterocycles. The summed E-state index contributed by atoms with van der Waals surface area (Å²) >= 11 is 0. The normalized spacial score (nSPS) is 11.3. The van der Waals surface area contributed by atoms with Crippen molar-refractivity contribution in [1.82, 2.24) is 5.32 Å². The first-order valence-corrected chi connectivity index (χ1v) is 11.0. The zero-order valence-electron chi connectivity index (χ0n) is 18.8. The number of esters is 1. The van der Waals surface area contributed by atoms with Gasteiger partial charge in [0.1, 0.15) is 6.54 Å². The third-order valence-electron chi connectivity index (χ3n) is 5.39. The number of carbonyl (C=O) groups is 3. The van der Waals surface area contributed by atoms with E-state index in [9.17, 15) is 14.4 Å². The smallest absolute Gasteiger partial charge is 0.325 e. The maximum absolute atomic E-state index is 12.3. The molecule has 1 atom stereocenters. The van der Waals surface area contributed by atoms with Crippen LogP contribution in [0.2, 0.25) is 0 Å². The van der Waals surface area contributed by atoms with Gasteiger partial charge in [0.25, 0.3) is 11.8 Å². The molecule has 6 heteroatoms. The molecule has 0 fully saturated rings. The highest BCUT2D eigenvalue weighted by Crippen LogP contribution is 2.26. The van der Waals surface area contributed by atoms with E-state index in [2.05, 4.69) is 24.5 Å². The zero-order chi connectivity index (χ0) is 23.6. The highest BCUT2D eigenvalue weighted by Gasteiger charge is 2.14. The highest BCUT2D eigenvalue weighted by atomic mass is 16.5. The van der Waals surface area contributed by atoms with Gasteiger partial charge in [-0.3, -0.25) is 14.4 Å². The van der Waals surface area contributed by atoms with E-state index in [1.165, 1.54) is 0 Å². The molecule has 0 aliphatic heterocycles. The van der Waals surface area contributed by atoms with Crippen LogP contribution in [0.5, 0.6) is 0 Å². The van der Waals surface area contributed by atoms with Crippen LogP contribution >= 0.6 is 0 Å². The van der Waals surface area contributed by atoms with Crippen molar-refractivity contribution in [3.05, 3.63) is 90.0 Å². The summed E-state index contributed by atoms with van der Waals surface area (Å²) in [7, 11) is 0. The van der Waals surface area contributed by atoms with Crippen LogP contribution in [0.3, 0.4) is 0 Å². The Balaban J connectivity index is 1.45. The first-order chi connectivity index (χ1) is 16.0. The van der Waals surface area contributed by atoms with Crippen molar-refractivity contribution in [2.45, 2.75) is 26.2 Å². The molecule has 0 spiro atoms. The van der Waals surface area contributed by atoms with Crippen LogP contribution in [0.15, 0.2) is 78.9 Å². The third kappa shape index (κ3) is 6.77. The predicted molar refractivity (Wildman–Crippen MR) is 129 cm³/mol. The molecular weight excluding hydrogens is 416 g/mol. The predicted octanol–water partition coefficient (Wildman–Crippen LogP) is 4.78. The zero-order valence-corrected chi connectivity index (χ0v) is 18.8. The molecule has 3 aromatic rings. The molecule has 2 amide bonds. The highest BCUT2D eigenvalue weighted by molar-refractivity contribution is 5.97. The fourth-order valence-electron chi connectivity index (χ4n) is 3.34. The Morgan fingerprint density at radius 2 is 1.48 bits per heavy atom. The number of hydrogen-bond donors (Lipinski definition) is 2. The van der Waals surface area contributed by atoms with Crippen molar-refractivity contribution in [2.75, 3.05) is 18.5 Å². The van der Waals surface area contributed by atoms with Crippen LogP contribution in [0.4, 0.5) is 5.69 Å². The summed E-state index contributed by atoms with van der Waals surface area (Å²) in [4.78, 5) is 36.5. The van der Waals surface area contributed by atoms with E-state index >= 15 is 0 Å². The summed E-state index contributed by atoms with van der Waals surface area (Å²) in [5.41, 5.74) is 4.22. The summed E-state index contributed by atoms with van der Waals surface area (Å²) in [5.74, 6) is -1.21. The van der Waals surface area contributed by atoms with Crippen molar-refractivity contribution < 1.29 is 19.1 Å². The number of ether oxygens (including phenoxy) is 1. The van der Waals surface area contributed by atoms with Crippen LogP contribution in [-0.2, 0) is 14.3 Å². The Morgan fingerprint density at radius 1 is 0.848 bits per heavy atom. The quantitative estimate of drug-likeness (QED) is 0.465. The Bertz CT molecular complexity index is 1090. The van der Waals surface area contributed by atoms with E-state index in [4.69, 9.17) is 4.74 Å². The molecule has 0 saturated carbocycles. The van der Waals surface area contributed by atoms with Gasteiger partial charge in [0, 0.05) is 11.3 Å². The summed E-state index contributed by atoms with van der Waals surface area (Å²) in [6.07, 6.45) is 0.941. The lowest BCUT2D eigenvalue weighted by molar-refractivity contribution is -0.146. The first kappa shape index (κ1) is 23.7. The fraction of sp³-hybridized carbons (Fsp3) is 0.222. The van der Waals surface area contributed by atoms with E-state index in [1.54, 1.807) is 12.1 Å². The maximum atomic E-state index is 12.3. The molecule has 0 radical (unpaired) electrons. The van der Waals surface area contributed by atoms with Gasteiger partial charge in [-0.2, -0.15) is 0 Å². The minimum Gasteiger partial charge on any atom is -0.454 e. The monoisotopic (exact) mass is 444 g/mol. The minimum absolute atomic E-state index is 0.293. The molecule has 0 aliphatic rings. The van der Waals surface area contributed by atoms with Gasteiger partial charge in [-0.25, -0.2) is 0 Å². The van der Waals surface area contributed by atoms with Crippen LogP contribution in [-0.4, -0.2) is 30.9 Å². The minimum atomic E-state index is -0.686. The van der Waals surface area contributed by atoms with Crippen LogP contribution < -0.4 is 10.6 Å². The number of para-hydroxylation sites is 1. The van der Waals surface area contributed by atoms with Gasteiger partial charge in [-0.15, -0.1) is 0 Å². The molecule has 33 heavy (non-hydrogen) atoms. The van der Waals surface area contributed by atoms with Gasteiger partial charge in [0.15, 0.2) is 6.61 Å². The van der Waals surface area contributed by atoms with E-state index in [-0.39, 0.29) is 6.54 Å². The van der Waals surface area contributed by atoms with Gasteiger partial charge in [0.05, 0.1) is 0 Å². The molecule has 3 aromatic carbocycles. The largest absolute Gasteiger partial charge is 0.454 e. The molecule has 1 unspecified atom stereocenters. The SMILES string of the molecule is CCC(C)c1ccccc1NC(=O)COC(=O)CNC(=O)c1ccc(-c2ccccc2)cc1. The summed E-state index contributed by atoms with van der Waals surface area (Å²) in [5, 5.41) is 5.30. The van der Waals surface area contributed by atoms with Gasteiger partial charge in [0.2, 0.25) is 0 Å². The number of amides is 2. The van der Waals surface area contributed by atoms with Crippen molar-refractivity contribution in [2.24, 2.45) is 0 Å². The van der Waals surface area contributed by atoms with E-state index in [1.807, 2.05) is 66.7 Å². The van der Waals surface area contributed by atoms with Crippen LogP contribution in [0, 0.1) is 0 Å². The molecule has 3 rings (SSSR count). The van der Waals surface area contributed by atoms with Gasteiger partial charge >= 0.3 is 5.97 Å². The topological polar surface area (TPSA) is 84.5 Å². The summed E-state index contributed by atoms with van der Waals surface area (Å²) in [6.45, 7) is 3.42. The second kappa shape index (κ2) is 11.6. The van der Waals surface area contributed by atoms with Crippen LogP contribution in [0.25, 0.3) is 11.1 Å². The number of nitrogens with one attached hydrogen (secondary N) is 2. The Kier molecular flexibility index (Phi) is 8.36. The number of anilines is 1. The molecule has 0 heterocycles. The van der Waals surface area contributed by atoms with Crippen molar-refractivity contribution in [3.8, 4) is 11.1 Å². The number of carbonyl (C=O) groups excluding carboxylic acids is 3. The second-order valence-corrected chi connectivity index (χ2v) is 7.73. The number of benzene rings is 3. The van der Waals surface area contributed by atoms with E-state index in [0.717, 1.165) is 23.1 Å². The van der Waals surface area contributed by atoms with Crippen molar-refractivity contribution in [3.63, 3.8) is 0 Å². The molecule has 6 nitrogen and oxygen atoms in total. The van der Waals surface area contributed by atoms with E-state index in [0.29, 0.717) is 17.2 Å². The Hall–Kier alpha value is -3.93. The molecular formula is C27H28N2O4. The number of rotatable bonds is 9. The maximum Gasteiger partial charge on any atom is 0.325 e. The summed E-state index contributed by atoms with van der Waals surface area (Å²) in [6, 6.07) is 24.5. The standard InChI is InChI=1S/C27H28N2O4/c1-3-19(2)23-11-7-8-12-24(23)29-25(30)18-33-26(31)17-28-27(32)22-15-13-21(14-16-22)20-9-5-4-6-10-20/h4-16,19H,3,17-18H2,1-2H3,(H,28,32)(H,29,30). The molecule has 170 valence electrons. The average Bonchev–Trinajstić information content (AvgIpc) is 2.86. The lowest BCUT2D eigenvalue weighted by atomic mass is 9.97.